The van der Waals surface area contributed by atoms with Gasteiger partial charge < -0.3 is 10.0 Å². The van der Waals surface area contributed by atoms with Gasteiger partial charge >= 0.3 is 0 Å². The van der Waals surface area contributed by atoms with E-state index in [0.717, 1.165) is 0 Å². The van der Waals surface area contributed by atoms with E-state index in [4.69, 9.17) is 0 Å². The first-order valence-electron chi connectivity index (χ1n) is 5.36. The largest absolute Gasteiger partial charge is 0.390 e. The molecule has 1 aromatic rings. The SMILES string of the molecule is CC1(O)CCN(C(=O)c2cnccn2)CC1. The number of hydrogen-bond acceptors (Lipinski definition) is 4. The molecule has 1 N–H and O–H groups in total. The smallest absolute Gasteiger partial charge is 0.274 e. The molecule has 0 saturated carbocycles. The molecule has 5 heteroatoms. The Morgan fingerprint density at radius 3 is 2.69 bits per heavy atom. The monoisotopic (exact) mass is 221 g/mol. The number of nitrogens with zero attached hydrogens (tertiary/aromatic N) is 3. The van der Waals surface area contributed by atoms with Gasteiger partial charge in [-0.05, 0) is 19.8 Å². The predicted molar refractivity (Wildman–Crippen MR) is 57.8 cm³/mol. The number of aliphatic hydroxyl groups is 1. The number of aromatic nitrogens is 2. The maximum absolute atomic E-state index is 12.0. The minimum Gasteiger partial charge on any atom is -0.390 e. The minimum atomic E-state index is -0.640. The third kappa shape index (κ3) is 2.36. The van der Waals surface area contributed by atoms with Crippen molar-refractivity contribution < 1.29 is 9.90 Å². The molecule has 1 saturated heterocycles. The summed E-state index contributed by atoms with van der Waals surface area (Å²) in [6.45, 7) is 2.95. The normalized spacial score (nSPS) is 19.5. The number of hydrogen-bond donors (Lipinski definition) is 1. The third-order valence-corrected chi connectivity index (χ3v) is 2.91. The molecule has 0 aromatic carbocycles. The summed E-state index contributed by atoms with van der Waals surface area (Å²) in [5, 5.41) is 9.78. The standard InChI is InChI=1S/C11H15N3O2/c1-11(16)2-6-14(7-3-11)10(15)9-8-12-4-5-13-9/h4-5,8,16H,2-3,6-7H2,1H3. The van der Waals surface area contributed by atoms with Gasteiger partial charge in [-0.2, -0.15) is 0 Å². The van der Waals surface area contributed by atoms with E-state index in [1.165, 1.54) is 18.6 Å². The van der Waals surface area contributed by atoms with Crippen LogP contribution in [0.2, 0.25) is 0 Å². The third-order valence-electron chi connectivity index (χ3n) is 2.91. The Balaban J connectivity index is 2.03. The van der Waals surface area contributed by atoms with Crippen molar-refractivity contribution in [2.24, 2.45) is 0 Å². The zero-order valence-corrected chi connectivity index (χ0v) is 9.26. The molecule has 0 spiro atoms. The van der Waals surface area contributed by atoms with Crippen LogP contribution in [0.25, 0.3) is 0 Å². The zero-order chi connectivity index (χ0) is 11.6. The number of likely N-dealkylation sites (tertiary alicyclic amines) is 1. The molecule has 1 aliphatic heterocycles. The van der Waals surface area contributed by atoms with Crippen molar-refractivity contribution >= 4 is 5.91 Å². The molecule has 2 heterocycles. The summed E-state index contributed by atoms with van der Waals surface area (Å²) in [5.74, 6) is -0.108. The highest BCUT2D eigenvalue weighted by atomic mass is 16.3. The van der Waals surface area contributed by atoms with Gasteiger partial charge in [0.1, 0.15) is 5.69 Å². The van der Waals surface area contributed by atoms with Crippen molar-refractivity contribution in [3.63, 3.8) is 0 Å². The fourth-order valence-corrected chi connectivity index (χ4v) is 1.76. The lowest BCUT2D eigenvalue weighted by molar-refractivity contribution is -0.00220. The van der Waals surface area contributed by atoms with Crippen LogP contribution in [0.1, 0.15) is 30.3 Å². The van der Waals surface area contributed by atoms with E-state index in [1.54, 1.807) is 11.8 Å². The quantitative estimate of drug-likeness (QED) is 0.748. The Bertz CT molecular complexity index is 368. The Labute approximate surface area is 94.1 Å². The molecule has 1 aliphatic rings. The molecule has 0 radical (unpaired) electrons. The molecule has 1 amide bonds. The van der Waals surface area contributed by atoms with Crippen LogP contribution < -0.4 is 0 Å². The van der Waals surface area contributed by atoms with E-state index >= 15 is 0 Å². The van der Waals surface area contributed by atoms with Gasteiger partial charge in [-0.1, -0.05) is 0 Å². The lowest BCUT2D eigenvalue weighted by Crippen LogP contribution is -2.45. The average Bonchev–Trinajstić information content (AvgIpc) is 2.29. The second-order valence-corrected chi connectivity index (χ2v) is 4.38. The van der Waals surface area contributed by atoms with Crippen molar-refractivity contribution in [1.29, 1.82) is 0 Å². The molecule has 5 nitrogen and oxygen atoms in total. The Hall–Kier alpha value is -1.49. The van der Waals surface area contributed by atoms with Crippen molar-refractivity contribution in [3.8, 4) is 0 Å². The molecule has 86 valence electrons. The van der Waals surface area contributed by atoms with Crippen molar-refractivity contribution in [3.05, 3.63) is 24.3 Å². The molecule has 0 bridgehead atoms. The van der Waals surface area contributed by atoms with Gasteiger partial charge in [0.15, 0.2) is 0 Å². The number of amides is 1. The zero-order valence-electron chi connectivity index (χ0n) is 9.26. The van der Waals surface area contributed by atoms with E-state index in [-0.39, 0.29) is 5.91 Å². The number of piperidine rings is 1. The van der Waals surface area contributed by atoms with E-state index < -0.39 is 5.60 Å². The Kier molecular flexibility index (Phi) is 2.87. The van der Waals surface area contributed by atoms with Gasteiger partial charge in [-0.3, -0.25) is 9.78 Å². The van der Waals surface area contributed by atoms with Crippen LogP contribution in [-0.2, 0) is 0 Å². The molecular weight excluding hydrogens is 206 g/mol. The number of rotatable bonds is 1. The minimum absolute atomic E-state index is 0.108. The summed E-state index contributed by atoms with van der Waals surface area (Å²) in [5.41, 5.74) is -0.275. The van der Waals surface area contributed by atoms with E-state index in [9.17, 15) is 9.90 Å². The molecule has 0 atom stereocenters. The number of carbonyl (C=O) groups is 1. The lowest BCUT2D eigenvalue weighted by atomic mass is 9.94. The highest BCUT2D eigenvalue weighted by molar-refractivity contribution is 5.92. The van der Waals surface area contributed by atoms with Gasteiger partial charge in [0.2, 0.25) is 0 Å². The van der Waals surface area contributed by atoms with Crippen molar-refractivity contribution in [1.82, 2.24) is 14.9 Å². The first-order valence-corrected chi connectivity index (χ1v) is 5.36. The Morgan fingerprint density at radius 2 is 2.12 bits per heavy atom. The van der Waals surface area contributed by atoms with E-state index in [0.29, 0.717) is 31.6 Å². The summed E-state index contributed by atoms with van der Waals surface area (Å²) in [6.07, 6.45) is 5.73. The van der Waals surface area contributed by atoms with Crippen LogP contribution in [0.3, 0.4) is 0 Å². The molecule has 0 aliphatic carbocycles. The molecule has 1 fully saturated rings. The van der Waals surface area contributed by atoms with Crippen LogP contribution in [-0.4, -0.2) is 44.6 Å². The first kappa shape index (κ1) is 11.0. The van der Waals surface area contributed by atoms with Gasteiger partial charge in [-0.15, -0.1) is 0 Å². The van der Waals surface area contributed by atoms with Crippen LogP contribution in [0.15, 0.2) is 18.6 Å². The van der Waals surface area contributed by atoms with Crippen molar-refractivity contribution in [2.45, 2.75) is 25.4 Å². The summed E-state index contributed by atoms with van der Waals surface area (Å²) >= 11 is 0. The highest BCUT2D eigenvalue weighted by Crippen LogP contribution is 2.21. The van der Waals surface area contributed by atoms with Crippen LogP contribution >= 0.6 is 0 Å². The fraction of sp³-hybridized carbons (Fsp3) is 0.545. The van der Waals surface area contributed by atoms with Crippen LogP contribution in [0.5, 0.6) is 0 Å². The summed E-state index contributed by atoms with van der Waals surface area (Å²) in [7, 11) is 0. The van der Waals surface area contributed by atoms with E-state index in [1.807, 2.05) is 0 Å². The Morgan fingerprint density at radius 1 is 1.44 bits per heavy atom. The predicted octanol–water partition coefficient (Wildman–Crippen LogP) is 0.464. The summed E-state index contributed by atoms with van der Waals surface area (Å²) < 4.78 is 0. The summed E-state index contributed by atoms with van der Waals surface area (Å²) in [6, 6.07) is 0. The van der Waals surface area contributed by atoms with Crippen LogP contribution in [0.4, 0.5) is 0 Å². The van der Waals surface area contributed by atoms with Gasteiger partial charge in [0.05, 0.1) is 11.8 Å². The first-order chi connectivity index (χ1) is 7.58. The number of carbonyl (C=O) groups excluding carboxylic acids is 1. The second kappa shape index (κ2) is 4.17. The fourth-order valence-electron chi connectivity index (χ4n) is 1.76. The maximum atomic E-state index is 12.0. The average molecular weight is 221 g/mol. The molecule has 1 aromatic heterocycles. The molecule has 0 unspecified atom stereocenters. The maximum Gasteiger partial charge on any atom is 0.274 e. The van der Waals surface area contributed by atoms with Gasteiger partial charge in [0, 0.05) is 25.5 Å². The summed E-state index contributed by atoms with van der Waals surface area (Å²) in [4.78, 5) is 21.5. The van der Waals surface area contributed by atoms with Gasteiger partial charge in [0.25, 0.3) is 5.91 Å². The molecular formula is C11H15N3O2. The second-order valence-electron chi connectivity index (χ2n) is 4.38. The van der Waals surface area contributed by atoms with E-state index in [2.05, 4.69) is 9.97 Å². The molecule has 2 rings (SSSR count). The van der Waals surface area contributed by atoms with Crippen molar-refractivity contribution in [2.75, 3.05) is 13.1 Å². The van der Waals surface area contributed by atoms with Gasteiger partial charge in [-0.25, -0.2) is 4.98 Å². The van der Waals surface area contributed by atoms with Crippen LogP contribution in [0, 0.1) is 0 Å². The topological polar surface area (TPSA) is 66.3 Å². The highest BCUT2D eigenvalue weighted by Gasteiger charge is 2.30. The molecule has 16 heavy (non-hydrogen) atoms. The lowest BCUT2D eigenvalue weighted by Gasteiger charge is -2.35.